The van der Waals surface area contributed by atoms with Crippen LogP contribution in [0.4, 0.5) is 42.1 Å². The van der Waals surface area contributed by atoms with E-state index in [2.05, 4.69) is 4.74 Å². The number of halogens is 7. The molecule has 3 aromatic carbocycles. The summed E-state index contributed by atoms with van der Waals surface area (Å²) in [5.41, 5.74) is 1.94. The molecule has 2 aliphatic heterocycles. The van der Waals surface area contributed by atoms with E-state index in [1.54, 1.807) is 36.4 Å². The van der Waals surface area contributed by atoms with Gasteiger partial charge in [-0.05, 0) is 53.4 Å². The van der Waals surface area contributed by atoms with E-state index in [0.29, 0.717) is 16.8 Å². The summed E-state index contributed by atoms with van der Waals surface area (Å²) in [6.45, 7) is -0.281. The van der Waals surface area contributed by atoms with Gasteiger partial charge < -0.3 is 19.6 Å². The van der Waals surface area contributed by atoms with Crippen molar-refractivity contribution in [1.29, 1.82) is 0 Å². The zero-order valence-corrected chi connectivity index (χ0v) is 20.5. The smallest absolute Gasteiger partial charge is 0.406 e. The number of nitrogens with zero attached hydrogens (tertiary/aromatic N) is 2. The monoisotopic (exact) mass is 554 g/mol. The number of ether oxygens (including phenoxy) is 1. The Morgan fingerprint density at radius 3 is 2.33 bits per heavy atom. The molecule has 1 saturated heterocycles. The second-order valence-electron chi connectivity index (χ2n) is 9.96. The van der Waals surface area contributed by atoms with Gasteiger partial charge in [0.05, 0.1) is 19.6 Å². The summed E-state index contributed by atoms with van der Waals surface area (Å²) >= 11 is 0. The third-order valence-corrected chi connectivity index (χ3v) is 7.23. The minimum atomic E-state index is -4.93. The highest BCUT2D eigenvalue weighted by molar-refractivity contribution is 5.67. The van der Waals surface area contributed by atoms with Crippen LogP contribution in [0.25, 0.3) is 0 Å². The molecule has 0 spiro atoms. The molecular weight excluding hydrogens is 529 g/mol. The standard InChI is InChI=1S/C28H25F7N2O2/c29-20-14-36(15-20)21-7-3-5-18(11-21)13-26(19-6-4-8-22(12-19)39-28(33,34)35)17-37(16-25(38)27(30,31)32)24-10-2-1-9-23(24)26/h1-12,20,25,38H,13-17H2/t25-,26?/m1/s1. The predicted molar refractivity (Wildman–Crippen MR) is 132 cm³/mol. The molecule has 5 rings (SSSR count). The first-order chi connectivity index (χ1) is 18.3. The summed E-state index contributed by atoms with van der Waals surface area (Å²) < 4.78 is 96.7. The lowest BCUT2D eigenvalue weighted by Gasteiger charge is -2.37. The van der Waals surface area contributed by atoms with Crippen LogP contribution in [0.15, 0.2) is 72.8 Å². The molecule has 0 aromatic heterocycles. The van der Waals surface area contributed by atoms with Crippen molar-refractivity contribution in [3.05, 3.63) is 89.5 Å². The number of benzene rings is 3. The molecule has 208 valence electrons. The average molecular weight is 555 g/mol. The number of anilines is 2. The van der Waals surface area contributed by atoms with Crippen molar-refractivity contribution in [2.24, 2.45) is 0 Å². The summed E-state index contributed by atoms with van der Waals surface area (Å²) in [6.07, 6.45) is -13.1. The molecule has 11 heteroatoms. The molecule has 0 aliphatic carbocycles. The van der Waals surface area contributed by atoms with Gasteiger partial charge in [0.1, 0.15) is 11.9 Å². The van der Waals surface area contributed by atoms with E-state index in [-0.39, 0.29) is 26.1 Å². The quantitative estimate of drug-likeness (QED) is 0.363. The summed E-state index contributed by atoms with van der Waals surface area (Å²) in [7, 11) is 0. The van der Waals surface area contributed by atoms with Gasteiger partial charge in [-0.3, -0.25) is 0 Å². The van der Waals surface area contributed by atoms with Crippen LogP contribution in [-0.2, 0) is 11.8 Å². The topological polar surface area (TPSA) is 35.9 Å². The van der Waals surface area contributed by atoms with Gasteiger partial charge in [-0.2, -0.15) is 13.2 Å². The first kappa shape index (κ1) is 27.1. The number of hydrogen-bond donors (Lipinski definition) is 1. The molecule has 2 heterocycles. The van der Waals surface area contributed by atoms with E-state index in [1.165, 1.54) is 17.0 Å². The van der Waals surface area contributed by atoms with Crippen LogP contribution in [0.5, 0.6) is 5.75 Å². The van der Waals surface area contributed by atoms with E-state index >= 15 is 0 Å². The highest BCUT2D eigenvalue weighted by Crippen LogP contribution is 2.48. The maximum absolute atomic E-state index is 13.5. The Morgan fingerprint density at radius 2 is 1.64 bits per heavy atom. The van der Waals surface area contributed by atoms with E-state index in [1.807, 2.05) is 23.1 Å². The number of alkyl halides is 7. The van der Waals surface area contributed by atoms with Crippen LogP contribution in [0.2, 0.25) is 0 Å². The fourth-order valence-electron chi connectivity index (χ4n) is 5.46. The van der Waals surface area contributed by atoms with E-state index < -0.39 is 42.5 Å². The molecule has 1 N–H and O–H groups in total. The maximum Gasteiger partial charge on any atom is 0.573 e. The van der Waals surface area contributed by atoms with Crippen molar-refractivity contribution >= 4 is 11.4 Å². The van der Waals surface area contributed by atoms with Crippen LogP contribution < -0.4 is 14.5 Å². The average Bonchev–Trinajstić information content (AvgIpc) is 3.15. The van der Waals surface area contributed by atoms with Crippen molar-refractivity contribution < 1.29 is 40.6 Å². The molecule has 0 radical (unpaired) electrons. The second-order valence-corrected chi connectivity index (χ2v) is 9.96. The van der Waals surface area contributed by atoms with Gasteiger partial charge in [-0.1, -0.05) is 42.5 Å². The maximum atomic E-state index is 13.5. The molecule has 3 aromatic rings. The summed E-state index contributed by atoms with van der Waals surface area (Å²) in [4.78, 5) is 3.27. The second kappa shape index (κ2) is 9.93. The van der Waals surface area contributed by atoms with Crippen LogP contribution >= 0.6 is 0 Å². The Hall–Kier alpha value is -3.47. The van der Waals surface area contributed by atoms with Gasteiger partial charge in [-0.15, -0.1) is 13.2 Å². The van der Waals surface area contributed by atoms with Crippen LogP contribution in [-0.4, -0.2) is 56.1 Å². The third-order valence-electron chi connectivity index (χ3n) is 7.23. The number of fused-ring (bicyclic) bond motifs is 1. The van der Waals surface area contributed by atoms with Crippen molar-refractivity contribution in [2.75, 3.05) is 36.0 Å². The molecule has 2 aliphatic rings. The fraction of sp³-hybridized carbons (Fsp3) is 0.357. The van der Waals surface area contributed by atoms with Crippen molar-refractivity contribution in [3.8, 4) is 5.75 Å². The highest BCUT2D eigenvalue weighted by atomic mass is 19.4. The van der Waals surface area contributed by atoms with E-state index in [4.69, 9.17) is 0 Å². The summed E-state index contributed by atoms with van der Waals surface area (Å²) in [5.74, 6) is -0.450. The first-order valence-corrected chi connectivity index (χ1v) is 12.3. The zero-order chi connectivity index (χ0) is 28.0. The zero-order valence-electron chi connectivity index (χ0n) is 20.5. The van der Waals surface area contributed by atoms with E-state index in [0.717, 1.165) is 17.3 Å². The molecule has 39 heavy (non-hydrogen) atoms. The third kappa shape index (κ3) is 5.63. The Bertz CT molecular complexity index is 1320. The summed E-state index contributed by atoms with van der Waals surface area (Å²) in [6, 6.07) is 19.5. The molecule has 1 unspecified atom stereocenters. The normalized spacial score (nSPS) is 20.5. The molecule has 0 bridgehead atoms. The van der Waals surface area contributed by atoms with Crippen molar-refractivity contribution in [1.82, 2.24) is 0 Å². The number of para-hydroxylation sites is 1. The van der Waals surface area contributed by atoms with Gasteiger partial charge in [0.25, 0.3) is 0 Å². The SMILES string of the molecule is O[C@H](CN1CC(Cc2cccc(N3CC(F)C3)c2)(c2cccc(OC(F)(F)F)c2)c2ccccc21)C(F)(F)F. The molecule has 1 fully saturated rings. The fourth-order valence-corrected chi connectivity index (χ4v) is 5.46. The number of β-amino-alcohol motifs (C(OH)–C–C–N with tert-alkyl or cyclic N) is 1. The Kier molecular flexibility index (Phi) is 6.90. The molecule has 2 atom stereocenters. The van der Waals surface area contributed by atoms with Crippen LogP contribution in [0, 0.1) is 0 Å². The Morgan fingerprint density at radius 1 is 0.923 bits per heavy atom. The van der Waals surface area contributed by atoms with Gasteiger partial charge >= 0.3 is 12.5 Å². The number of rotatable bonds is 7. The lowest BCUT2D eigenvalue weighted by Crippen LogP contribution is -2.48. The minimum Gasteiger partial charge on any atom is -0.406 e. The Balaban J connectivity index is 1.59. The predicted octanol–water partition coefficient (Wildman–Crippen LogP) is 6.02. The largest absolute Gasteiger partial charge is 0.573 e. The molecule has 0 amide bonds. The Labute approximate surface area is 220 Å². The number of aliphatic hydroxyl groups excluding tert-OH is 1. The van der Waals surface area contributed by atoms with Gasteiger partial charge in [0, 0.05) is 23.3 Å². The van der Waals surface area contributed by atoms with Gasteiger partial charge in [0.15, 0.2) is 6.10 Å². The van der Waals surface area contributed by atoms with Crippen LogP contribution in [0.1, 0.15) is 16.7 Å². The number of aliphatic hydroxyl groups is 1. The molecular formula is C28H25F7N2O2. The highest BCUT2D eigenvalue weighted by Gasteiger charge is 2.47. The van der Waals surface area contributed by atoms with E-state index in [9.17, 15) is 35.8 Å². The molecule has 0 saturated carbocycles. The van der Waals surface area contributed by atoms with Gasteiger partial charge in [0.2, 0.25) is 0 Å². The van der Waals surface area contributed by atoms with Crippen molar-refractivity contribution in [2.45, 2.75) is 36.7 Å². The summed E-state index contributed by atoms with van der Waals surface area (Å²) in [5, 5.41) is 9.88. The lowest BCUT2D eigenvalue weighted by atomic mass is 9.71. The number of hydrogen-bond acceptors (Lipinski definition) is 4. The van der Waals surface area contributed by atoms with Crippen LogP contribution in [0.3, 0.4) is 0 Å². The minimum absolute atomic E-state index is 0.0323. The van der Waals surface area contributed by atoms with Gasteiger partial charge in [-0.25, -0.2) is 4.39 Å². The van der Waals surface area contributed by atoms with Crippen molar-refractivity contribution in [3.63, 3.8) is 0 Å². The molecule has 4 nitrogen and oxygen atoms in total. The first-order valence-electron chi connectivity index (χ1n) is 12.3. The lowest BCUT2D eigenvalue weighted by molar-refractivity contribution is -0.274.